The number of hydrogen-bond acceptors (Lipinski definition) is 5. The van der Waals surface area contributed by atoms with Crippen molar-refractivity contribution in [2.24, 2.45) is 5.84 Å². The van der Waals surface area contributed by atoms with Gasteiger partial charge in [0, 0.05) is 18.3 Å². The van der Waals surface area contributed by atoms with Gasteiger partial charge in [0.25, 0.3) is 0 Å². The van der Waals surface area contributed by atoms with Crippen LogP contribution in [0.25, 0.3) is 0 Å². The van der Waals surface area contributed by atoms with Gasteiger partial charge in [0.05, 0.1) is 14.2 Å². The number of nitrogens with zero attached hydrogens (tertiary/aromatic N) is 1. The number of hydrogen-bond donors (Lipinski definition) is 2. The van der Waals surface area contributed by atoms with E-state index in [9.17, 15) is 4.79 Å². The van der Waals surface area contributed by atoms with Gasteiger partial charge in [-0.3, -0.25) is 10.6 Å². The minimum absolute atomic E-state index is 0.0905. The van der Waals surface area contributed by atoms with E-state index >= 15 is 0 Å². The lowest BCUT2D eigenvalue weighted by atomic mass is 10.2. The molecule has 0 aliphatic carbocycles. The smallest absolute Gasteiger partial charge is 0.243 e. The van der Waals surface area contributed by atoms with Gasteiger partial charge in [-0.15, -0.1) is 0 Å². The monoisotopic (exact) mass is 265 g/mol. The van der Waals surface area contributed by atoms with E-state index < -0.39 is 0 Å². The number of carbonyl (C=O) groups excluding carboxylic acids is 1. The highest BCUT2D eigenvalue weighted by atomic mass is 16.5. The molecule has 0 unspecified atom stereocenters. The fraction of sp³-hybridized carbons (Fsp3) is 0.462. The van der Waals surface area contributed by atoms with Gasteiger partial charge in [-0.25, -0.2) is 5.01 Å². The average molecular weight is 265 g/mol. The van der Waals surface area contributed by atoms with Gasteiger partial charge in [-0.1, -0.05) is 0 Å². The number of hydrazine groups is 1. The summed E-state index contributed by atoms with van der Waals surface area (Å²) in [6.07, 6.45) is 1.73. The van der Waals surface area contributed by atoms with Crippen LogP contribution >= 0.6 is 0 Å². The van der Waals surface area contributed by atoms with Gasteiger partial charge in [-0.05, 0) is 25.0 Å². The molecule has 1 amide bonds. The number of carbonyl (C=O) groups is 1. The van der Waals surface area contributed by atoms with Crippen molar-refractivity contribution in [2.75, 3.05) is 26.1 Å². The third-order valence-corrected chi connectivity index (χ3v) is 3.25. The van der Waals surface area contributed by atoms with Crippen LogP contribution in [0.2, 0.25) is 0 Å². The largest absolute Gasteiger partial charge is 0.493 e. The average Bonchev–Trinajstić information content (AvgIpc) is 2.85. The van der Waals surface area contributed by atoms with Crippen LogP contribution in [0.15, 0.2) is 18.2 Å². The zero-order valence-electron chi connectivity index (χ0n) is 11.2. The van der Waals surface area contributed by atoms with E-state index in [1.807, 2.05) is 0 Å². The van der Waals surface area contributed by atoms with E-state index in [-0.39, 0.29) is 11.9 Å². The predicted octanol–water partition coefficient (Wildman–Crippen LogP) is 0.980. The summed E-state index contributed by atoms with van der Waals surface area (Å²) in [6, 6.07) is 5.00. The molecule has 2 rings (SSSR count). The van der Waals surface area contributed by atoms with Crippen molar-refractivity contribution in [1.29, 1.82) is 0 Å². The number of methoxy groups -OCH3 is 2. The van der Waals surface area contributed by atoms with Crippen LogP contribution in [0.4, 0.5) is 5.69 Å². The van der Waals surface area contributed by atoms with Crippen LogP contribution in [0.1, 0.15) is 12.8 Å². The van der Waals surface area contributed by atoms with Gasteiger partial charge in [0.2, 0.25) is 5.91 Å². The Hall–Kier alpha value is -1.79. The third-order valence-electron chi connectivity index (χ3n) is 3.25. The molecule has 3 N–H and O–H groups in total. The van der Waals surface area contributed by atoms with Gasteiger partial charge in [0.15, 0.2) is 11.5 Å². The summed E-state index contributed by atoms with van der Waals surface area (Å²) in [5.74, 6) is 6.88. The molecule has 0 aromatic heterocycles. The first-order valence-electron chi connectivity index (χ1n) is 6.20. The van der Waals surface area contributed by atoms with Crippen LogP contribution in [0.5, 0.6) is 11.5 Å². The maximum absolute atomic E-state index is 12.1. The lowest BCUT2D eigenvalue weighted by Crippen LogP contribution is -2.43. The Bertz CT molecular complexity index is 464. The molecular formula is C13H19N3O3. The second-order valence-corrected chi connectivity index (χ2v) is 4.45. The molecule has 1 aliphatic rings. The Morgan fingerprint density at radius 1 is 1.37 bits per heavy atom. The fourth-order valence-electron chi connectivity index (χ4n) is 2.21. The van der Waals surface area contributed by atoms with Crippen molar-refractivity contribution in [2.45, 2.75) is 18.9 Å². The van der Waals surface area contributed by atoms with Gasteiger partial charge in [0.1, 0.15) is 6.04 Å². The lowest BCUT2D eigenvalue weighted by molar-refractivity contribution is -0.120. The Morgan fingerprint density at radius 2 is 2.11 bits per heavy atom. The van der Waals surface area contributed by atoms with Crippen LogP contribution in [0.3, 0.4) is 0 Å². The van der Waals surface area contributed by atoms with Crippen molar-refractivity contribution in [3.8, 4) is 11.5 Å². The molecule has 6 heteroatoms. The van der Waals surface area contributed by atoms with E-state index in [1.54, 1.807) is 37.4 Å². The predicted molar refractivity (Wildman–Crippen MR) is 72.1 cm³/mol. The molecule has 1 aromatic carbocycles. The van der Waals surface area contributed by atoms with Gasteiger partial charge < -0.3 is 14.8 Å². The number of ether oxygens (including phenoxy) is 2. The number of benzene rings is 1. The Morgan fingerprint density at radius 3 is 2.68 bits per heavy atom. The minimum atomic E-state index is -0.256. The molecule has 1 saturated heterocycles. The molecule has 0 spiro atoms. The third kappa shape index (κ3) is 2.97. The number of nitrogens with one attached hydrogen (secondary N) is 1. The Kier molecular flexibility index (Phi) is 4.24. The molecule has 1 aliphatic heterocycles. The summed E-state index contributed by atoms with van der Waals surface area (Å²) in [7, 11) is 3.13. The first-order chi connectivity index (χ1) is 9.15. The summed E-state index contributed by atoms with van der Waals surface area (Å²) in [6.45, 7) is 0.754. The van der Waals surface area contributed by atoms with Crippen LogP contribution < -0.4 is 20.6 Å². The first kappa shape index (κ1) is 13.6. The van der Waals surface area contributed by atoms with E-state index in [0.717, 1.165) is 19.4 Å². The highest BCUT2D eigenvalue weighted by Gasteiger charge is 2.28. The Labute approximate surface area is 112 Å². The zero-order chi connectivity index (χ0) is 13.8. The van der Waals surface area contributed by atoms with Crippen molar-refractivity contribution >= 4 is 11.6 Å². The molecule has 0 bridgehead atoms. The number of anilines is 1. The van der Waals surface area contributed by atoms with Gasteiger partial charge >= 0.3 is 0 Å². The number of rotatable bonds is 4. The van der Waals surface area contributed by atoms with Gasteiger partial charge in [-0.2, -0.15) is 0 Å². The molecule has 0 radical (unpaired) electrons. The maximum atomic E-state index is 12.1. The van der Waals surface area contributed by atoms with E-state index in [2.05, 4.69) is 5.32 Å². The molecule has 104 valence electrons. The van der Waals surface area contributed by atoms with Crippen molar-refractivity contribution < 1.29 is 14.3 Å². The molecule has 1 atom stereocenters. The normalized spacial score (nSPS) is 19.2. The van der Waals surface area contributed by atoms with Crippen LogP contribution in [0, 0.1) is 0 Å². The van der Waals surface area contributed by atoms with Crippen molar-refractivity contribution in [3.63, 3.8) is 0 Å². The summed E-state index contributed by atoms with van der Waals surface area (Å²) < 4.78 is 10.3. The highest BCUT2D eigenvalue weighted by Crippen LogP contribution is 2.30. The number of nitrogens with two attached hydrogens (primary N) is 1. The Balaban J connectivity index is 2.08. The van der Waals surface area contributed by atoms with Crippen LogP contribution in [-0.4, -0.2) is 37.7 Å². The fourth-order valence-corrected chi connectivity index (χ4v) is 2.21. The van der Waals surface area contributed by atoms with E-state index in [4.69, 9.17) is 15.3 Å². The molecule has 1 aromatic rings. The quantitative estimate of drug-likeness (QED) is 0.794. The second kappa shape index (κ2) is 5.90. The molecular weight excluding hydrogens is 246 g/mol. The number of amides is 1. The minimum Gasteiger partial charge on any atom is -0.493 e. The van der Waals surface area contributed by atoms with Crippen molar-refractivity contribution in [1.82, 2.24) is 5.01 Å². The zero-order valence-corrected chi connectivity index (χ0v) is 11.2. The van der Waals surface area contributed by atoms with E-state index in [1.165, 1.54) is 0 Å². The summed E-state index contributed by atoms with van der Waals surface area (Å²) in [4.78, 5) is 12.1. The molecule has 1 heterocycles. The molecule has 19 heavy (non-hydrogen) atoms. The summed E-state index contributed by atoms with van der Waals surface area (Å²) in [5.41, 5.74) is 0.669. The topological polar surface area (TPSA) is 76.8 Å². The highest BCUT2D eigenvalue weighted by molar-refractivity contribution is 5.95. The van der Waals surface area contributed by atoms with Crippen molar-refractivity contribution in [3.05, 3.63) is 18.2 Å². The molecule has 0 saturated carbocycles. The summed E-state index contributed by atoms with van der Waals surface area (Å²) in [5, 5.41) is 4.42. The standard InChI is InChI=1S/C13H19N3O3/c1-18-11-6-5-9(8-12(11)19-2)15-13(17)10-4-3-7-16(10)14/h5-6,8,10H,3-4,7,14H2,1-2H3,(H,15,17)/t10-/m0/s1. The molecule has 6 nitrogen and oxygen atoms in total. The maximum Gasteiger partial charge on any atom is 0.243 e. The lowest BCUT2D eigenvalue weighted by Gasteiger charge is -2.18. The summed E-state index contributed by atoms with van der Waals surface area (Å²) >= 11 is 0. The second-order valence-electron chi connectivity index (χ2n) is 4.45. The first-order valence-corrected chi connectivity index (χ1v) is 6.20. The SMILES string of the molecule is COc1ccc(NC(=O)[C@@H]2CCCN2N)cc1OC. The molecule has 1 fully saturated rings. The van der Waals surface area contributed by atoms with E-state index in [0.29, 0.717) is 17.2 Å². The van der Waals surface area contributed by atoms with Crippen LogP contribution in [-0.2, 0) is 4.79 Å².